The summed E-state index contributed by atoms with van der Waals surface area (Å²) < 4.78 is 15.8. The SMILES string of the molecule is COC(=O)c1cn(CC(O)O)c(C(=O)OC)c(OCc2ccccc2)c1=O. The van der Waals surface area contributed by atoms with E-state index < -0.39 is 41.5 Å². The highest BCUT2D eigenvalue weighted by molar-refractivity contribution is 5.94. The minimum absolute atomic E-state index is 0.0631. The van der Waals surface area contributed by atoms with Gasteiger partial charge in [-0.15, -0.1) is 0 Å². The van der Waals surface area contributed by atoms with E-state index in [9.17, 15) is 24.6 Å². The van der Waals surface area contributed by atoms with Gasteiger partial charge in [0.2, 0.25) is 5.43 Å². The number of carbonyl (C=O) groups is 2. The van der Waals surface area contributed by atoms with Gasteiger partial charge in [0.15, 0.2) is 17.7 Å². The average molecular weight is 377 g/mol. The Bertz CT molecular complexity index is 873. The number of nitrogens with zero attached hydrogens (tertiary/aromatic N) is 1. The van der Waals surface area contributed by atoms with E-state index in [1.54, 1.807) is 30.3 Å². The summed E-state index contributed by atoms with van der Waals surface area (Å²) in [4.78, 5) is 36.8. The molecule has 0 atom stereocenters. The normalized spacial score (nSPS) is 10.6. The van der Waals surface area contributed by atoms with Crippen molar-refractivity contribution in [3.05, 3.63) is 63.6 Å². The highest BCUT2D eigenvalue weighted by atomic mass is 16.5. The van der Waals surface area contributed by atoms with Gasteiger partial charge in [0.1, 0.15) is 12.2 Å². The Morgan fingerprint density at radius 1 is 1.07 bits per heavy atom. The Labute approximate surface area is 154 Å². The lowest BCUT2D eigenvalue weighted by Crippen LogP contribution is -2.29. The Hall–Kier alpha value is -3.17. The molecule has 0 aliphatic rings. The van der Waals surface area contributed by atoms with Crippen molar-refractivity contribution in [2.75, 3.05) is 14.2 Å². The fraction of sp³-hybridized carbons (Fsp3) is 0.278. The Morgan fingerprint density at radius 3 is 2.26 bits per heavy atom. The molecule has 1 heterocycles. The summed E-state index contributed by atoms with van der Waals surface area (Å²) in [6, 6.07) is 8.84. The van der Waals surface area contributed by atoms with Crippen LogP contribution in [0, 0.1) is 0 Å². The molecule has 0 aliphatic carbocycles. The van der Waals surface area contributed by atoms with Gasteiger partial charge in [-0.3, -0.25) is 4.79 Å². The lowest BCUT2D eigenvalue weighted by atomic mass is 10.2. The zero-order valence-corrected chi connectivity index (χ0v) is 14.7. The number of benzene rings is 1. The first kappa shape index (κ1) is 20.1. The number of carbonyl (C=O) groups excluding carboxylic acids is 2. The van der Waals surface area contributed by atoms with E-state index in [2.05, 4.69) is 9.47 Å². The molecule has 0 saturated carbocycles. The van der Waals surface area contributed by atoms with Gasteiger partial charge in [0, 0.05) is 6.20 Å². The van der Waals surface area contributed by atoms with E-state index in [1.807, 2.05) is 0 Å². The summed E-state index contributed by atoms with van der Waals surface area (Å²) in [5.74, 6) is -2.34. The van der Waals surface area contributed by atoms with Crippen LogP contribution in [0.5, 0.6) is 5.75 Å². The third-order valence-corrected chi connectivity index (χ3v) is 3.61. The summed E-state index contributed by atoms with van der Waals surface area (Å²) in [6.07, 6.45) is -0.863. The van der Waals surface area contributed by atoms with Gasteiger partial charge in [0.05, 0.1) is 20.8 Å². The zero-order valence-electron chi connectivity index (χ0n) is 14.7. The molecule has 2 aromatic rings. The predicted molar refractivity (Wildman–Crippen MR) is 92.4 cm³/mol. The van der Waals surface area contributed by atoms with Crippen LogP contribution in [0.4, 0.5) is 0 Å². The predicted octanol–water partition coefficient (Wildman–Crippen LogP) is 0.311. The number of hydrogen-bond donors (Lipinski definition) is 2. The molecule has 0 aliphatic heterocycles. The molecule has 9 nitrogen and oxygen atoms in total. The molecule has 0 bridgehead atoms. The van der Waals surface area contributed by atoms with Crippen molar-refractivity contribution in [3.8, 4) is 5.75 Å². The third kappa shape index (κ3) is 4.72. The summed E-state index contributed by atoms with van der Waals surface area (Å²) >= 11 is 0. The molecule has 1 aromatic carbocycles. The summed E-state index contributed by atoms with van der Waals surface area (Å²) in [5.41, 5.74) is -0.931. The Balaban J connectivity index is 2.62. The van der Waals surface area contributed by atoms with Crippen molar-refractivity contribution in [1.29, 1.82) is 0 Å². The van der Waals surface area contributed by atoms with Crippen LogP contribution in [0.3, 0.4) is 0 Å². The van der Waals surface area contributed by atoms with Gasteiger partial charge in [-0.1, -0.05) is 30.3 Å². The third-order valence-electron chi connectivity index (χ3n) is 3.61. The fourth-order valence-corrected chi connectivity index (χ4v) is 2.38. The lowest BCUT2D eigenvalue weighted by molar-refractivity contribution is -0.0519. The second-order valence-corrected chi connectivity index (χ2v) is 5.44. The van der Waals surface area contributed by atoms with Crippen LogP contribution >= 0.6 is 0 Å². The van der Waals surface area contributed by atoms with E-state index in [4.69, 9.17) is 4.74 Å². The number of rotatable bonds is 7. The van der Waals surface area contributed by atoms with Crippen molar-refractivity contribution in [2.24, 2.45) is 0 Å². The molecule has 0 spiro atoms. The molecule has 144 valence electrons. The van der Waals surface area contributed by atoms with Crippen LogP contribution < -0.4 is 10.2 Å². The first-order chi connectivity index (χ1) is 12.9. The number of aliphatic hydroxyl groups is 2. The topological polar surface area (TPSA) is 124 Å². The maximum absolute atomic E-state index is 12.7. The van der Waals surface area contributed by atoms with E-state index in [1.165, 1.54) is 0 Å². The smallest absolute Gasteiger partial charge is 0.358 e. The van der Waals surface area contributed by atoms with Gasteiger partial charge in [0.25, 0.3) is 0 Å². The molecule has 27 heavy (non-hydrogen) atoms. The van der Waals surface area contributed by atoms with Crippen molar-refractivity contribution in [2.45, 2.75) is 19.4 Å². The minimum Gasteiger partial charge on any atom is -0.482 e. The number of ether oxygens (including phenoxy) is 3. The van der Waals surface area contributed by atoms with Gasteiger partial charge in [-0.05, 0) is 5.56 Å². The van der Waals surface area contributed by atoms with E-state index in [0.717, 1.165) is 25.0 Å². The molecular formula is C18H19NO8. The van der Waals surface area contributed by atoms with Gasteiger partial charge < -0.3 is 29.0 Å². The molecule has 0 amide bonds. The van der Waals surface area contributed by atoms with Crippen LogP contribution in [-0.2, 0) is 22.6 Å². The number of methoxy groups -OCH3 is 2. The highest BCUT2D eigenvalue weighted by Gasteiger charge is 2.27. The maximum atomic E-state index is 12.7. The molecule has 1 aromatic heterocycles. The molecule has 9 heteroatoms. The van der Waals surface area contributed by atoms with E-state index >= 15 is 0 Å². The minimum atomic E-state index is -1.86. The number of esters is 2. The van der Waals surface area contributed by atoms with Crippen molar-refractivity contribution in [3.63, 3.8) is 0 Å². The summed E-state index contributed by atoms with van der Waals surface area (Å²) in [5, 5.41) is 18.6. The van der Waals surface area contributed by atoms with Gasteiger partial charge >= 0.3 is 11.9 Å². The first-order valence-corrected chi connectivity index (χ1v) is 7.86. The number of pyridine rings is 1. The molecular weight excluding hydrogens is 358 g/mol. The maximum Gasteiger partial charge on any atom is 0.358 e. The number of hydrogen-bond acceptors (Lipinski definition) is 8. The van der Waals surface area contributed by atoms with Gasteiger partial charge in [-0.25, -0.2) is 9.59 Å². The second-order valence-electron chi connectivity index (χ2n) is 5.44. The largest absolute Gasteiger partial charge is 0.482 e. The Kier molecular flexibility index (Phi) is 6.69. The quantitative estimate of drug-likeness (QED) is 0.522. The van der Waals surface area contributed by atoms with Crippen LogP contribution in [-0.4, -0.2) is 47.2 Å². The van der Waals surface area contributed by atoms with Crippen molar-refractivity contribution in [1.82, 2.24) is 4.57 Å². The molecule has 0 unspecified atom stereocenters. The molecule has 2 rings (SSSR count). The van der Waals surface area contributed by atoms with Gasteiger partial charge in [-0.2, -0.15) is 0 Å². The number of aliphatic hydroxyl groups excluding tert-OH is 1. The summed E-state index contributed by atoms with van der Waals surface area (Å²) in [7, 11) is 2.19. The highest BCUT2D eigenvalue weighted by Crippen LogP contribution is 2.19. The molecule has 0 radical (unpaired) electrons. The molecule has 0 saturated heterocycles. The van der Waals surface area contributed by atoms with E-state index in [-0.39, 0.29) is 12.3 Å². The fourth-order valence-electron chi connectivity index (χ4n) is 2.38. The first-order valence-electron chi connectivity index (χ1n) is 7.86. The molecule has 0 fully saturated rings. The summed E-state index contributed by atoms with van der Waals surface area (Å²) in [6.45, 7) is -0.567. The zero-order chi connectivity index (χ0) is 20.0. The average Bonchev–Trinajstić information content (AvgIpc) is 2.67. The lowest BCUT2D eigenvalue weighted by Gasteiger charge is -2.18. The van der Waals surface area contributed by atoms with Crippen molar-refractivity contribution >= 4 is 11.9 Å². The standard InChI is InChI=1S/C18H19NO8/c1-25-17(23)12-8-19(9-13(20)21)14(18(24)26-2)16(15(12)22)27-10-11-6-4-3-5-7-11/h3-8,13,20-21H,9-10H2,1-2H3. The van der Waals surface area contributed by atoms with Crippen LogP contribution in [0.1, 0.15) is 26.4 Å². The van der Waals surface area contributed by atoms with Crippen LogP contribution in [0.2, 0.25) is 0 Å². The Morgan fingerprint density at radius 2 is 1.70 bits per heavy atom. The second kappa shape index (κ2) is 8.97. The van der Waals surface area contributed by atoms with E-state index in [0.29, 0.717) is 5.56 Å². The molecule has 2 N–H and O–H groups in total. The van der Waals surface area contributed by atoms with Crippen LogP contribution in [0.25, 0.3) is 0 Å². The number of aromatic nitrogens is 1. The van der Waals surface area contributed by atoms with Crippen molar-refractivity contribution < 1.29 is 34.0 Å². The van der Waals surface area contributed by atoms with Crippen LogP contribution in [0.15, 0.2) is 41.3 Å². The monoisotopic (exact) mass is 377 g/mol.